The van der Waals surface area contributed by atoms with Crippen molar-refractivity contribution in [3.8, 4) is 0 Å². The molecule has 0 amide bonds. The van der Waals surface area contributed by atoms with Gasteiger partial charge in [-0.1, -0.05) is 6.08 Å². The Morgan fingerprint density at radius 1 is 1.40 bits per heavy atom. The van der Waals surface area contributed by atoms with Gasteiger partial charge in [-0.3, -0.25) is 0 Å². The van der Waals surface area contributed by atoms with E-state index in [9.17, 15) is 0 Å². The molecule has 0 rings (SSSR count). The molecule has 4 heteroatoms. The maximum Gasteiger partial charge on any atom is 0.347 e. The Balaban J connectivity index is 3.16. The molecule has 0 aromatic carbocycles. The first-order chi connectivity index (χ1) is 4.85. The quantitative estimate of drug-likeness (QED) is 0.318. The lowest BCUT2D eigenvalue weighted by atomic mass is 10.7. The van der Waals surface area contributed by atoms with E-state index in [1.54, 1.807) is 20.3 Å². The zero-order chi connectivity index (χ0) is 7.82. The fourth-order valence-electron chi connectivity index (χ4n) is 0.480. The first kappa shape index (κ1) is 9.84. The van der Waals surface area contributed by atoms with Crippen molar-refractivity contribution in [1.82, 2.24) is 0 Å². The van der Waals surface area contributed by atoms with Crippen LogP contribution in [0.1, 0.15) is 0 Å². The second-order valence-electron chi connectivity index (χ2n) is 1.73. The number of hydrogen-bond acceptors (Lipinski definition) is 3. The predicted octanol–water partition coefficient (Wildman–Crippen LogP) is 0.241. The van der Waals surface area contributed by atoms with Gasteiger partial charge in [0.25, 0.3) is 0 Å². The van der Waals surface area contributed by atoms with E-state index < -0.39 is 9.28 Å². The molecule has 0 spiro atoms. The van der Waals surface area contributed by atoms with Gasteiger partial charge >= 0.3 is 9.28 Å². The first-order valence-electron chi connectivity index (χ1n) is 3.09. The molecule has 0 atom stereocenters. The van der Waals surface area contributed by atoms with Crippen molar-refractivity contribution in [3.63, 3.8) is 0 Å². The Labute approximate surface area is 63.4 Å². The molecule has 0 aliphatic rings. The summed E-state index contributed by atoms with van der Waals surface area (Å²) in [7, 11) is 1.78. The van der Waals surface area contributed by atoms with E-state index in [1.807, 2.05) is 0 Å². The van der Waals surface area contributed by atoms with Gasteiger partial charge in [-0.05, 0) is 0 Å². The zero-order valence-corrected chi connectivity index (χ0v) is 7.66. The molecule has 0 bridgehead atoms. The fourth-order valence-corrected chi connectivity index (χ4v) is 1.27. The highest BCUT2D eigenvalue weighted by atomic mass is 28.3. The van der Waals surface area contributed by atoms with Crippen LogP contribution in [0.15, 0.2) is 12.7 Å². The van der Waals surface area contributed by atoms with Gasteiger partial charge < -0.3 is 13.6 Å². The van der Waals surface area contributed by atoms with Crippen molar-refractivity contribution in [2.45, 2.75) is 0 Å². The largest absolute Gasteiger partial charge is 0.399 e. The zero-order valence-electron chi connectivity index (χ0n) is 6.50. The Morgan fingerprint density at radius 2 is 2.00 bits per heavy atom. The molecule has 0 aliphatic carbocycles. The van der Waals surface area contributed by atoms with Gasteiger partial charge in [0.2, 0.25) is 0 Å². The van der Waals surface area contributed by atoms with Crippen molar-refractivity contribution in [2.24, 2.45) is 0 Å². The summed E-state index contributed by atoms with van der Waals surface area (Å²) < 4.78 is 15.1. The van der Waals surface area contributed by atoms with Crippen LogP contribution < -0.4 is 0 Å². The van der Waals surface area contributed by atoms with Crippen LogP contribution in [0.5, 0.6) is 0 Å². The normalized spacial score (nSPS) is 10.3. The molecule has 0 radical (unpaired) electrons. The summed E-state index contributed by atoms with van der Waals surface area (Å²) in [5.74, 6) is 0. The molecule has 3 nitrogen and oxygen atoms in total. The Morgan fingerprint density at radius 3 is 2.40 bits per heavy atom. The van der Waals surface area contributed by atoms with E-state index in [1.165, 1.54) is 0 Å². The Hall–Kier alpha value is -0.163. The van der Waals surface area contributed by atoms with Crippen LogP contribution in [0.4, 0.5) is 0 Å². The topological polar surface area (TPSA) is 27.7 Å². The van der Waals surface area contributed by atoms with Gasteiger partial charge in [-0.15, -0.1) is 6.58 Å². The van der Waals surface area contributed by atoms with Crippen LogP contribution in [0.3, 0.4) is 0 Å². The molecule has 0 fully saturated rings. The third-order valence-corrected chi connectivity index (χ3v) is 2.57. The minimum absolute atomic E-state index is 0.566. The summed E-state index contributed by atoms with van der Waals surface area (Å²) in [6, 6.07) is 0. The molecule has 0 heterocycles. The van der Waals surface area contributed by atoms with Gasteiger partial charge in [-0.25, -0.2) is 0 Å². The van der Waals surface area contributed by atoms with E-state index in [0.717, 1.165) is 0 Å². The lowest BCUT2D eigenvalue weighted by molar-refractivity contribution is 0.161. The number of ether oxygens (including phenoxy) is 1. The SMILES string of the molecule is C=CCOC[SiH](OC)OC. The molecule has 0 aromatic rings. The second kappa shape index (κ2) is 6.95. The molecule has 10 heavy (non-hydrogen) atoms. The Bertz CT molecular complexity index is 83.1. The van der Waals surface area contributed by atoms with Crippen LogP contribution in [0, 0.1) is 0 Å². The van der Waals surface area contributed by atoms with Gasteiger partial charge in [0.05, 0.1) is 12.8 Å². The Kier molecular flexibility index (Phi) is 6.84. The van der Waals surface area contributed by atoms with Crippen molar-refractivity contribution in [1.29, 1.82) is 0 Å². The van der Waals surface area contributed by atoms with Crippen molar-refractivity contribution >= 4 is 9.28 Å². The monoisotopic (exact) mass is 162 g/mol. The van der Waals surface area contributed by atoms with E-state index in [2.05, 4.69) is 6.58 Å². The molecule has 60 valence electrons. The summed E-state index contributed by atoms with van der Waals surface area (Å²) in [5.41, 5.74) is 0. The van der Waals surface area contributed by atoms with Crippen LogP contribution >= 0.6 is 0 Å². The molecule has 0 aliphatic heterocycles. The third-order valence-electron chi connectivity index (χ3n) is 1.02. The third kappa shape index (κ3) is 4.69. The highest BCUT2D eigenvalue weighted by molar-refractivity contribution is 6.44. The summed E-state index contributed by atoms with van der Waals surface area (Å²) in [6.45, 7) is 4.08. The number of hydrogen-bond donors (Lipinski definition) is 0. The van der Waals surface area contributed by atoms with Crippen molar-refractivity contribution in [3.05, 3.63) is 12.7 Å². The van der Waals surface area contributed by atoms with Gasteiger partial charge in [-0.2, -0.15) is 0 Å². The smallest absolute Gasteiger partial charge is 0.347 e. The van der Waals surface area contributed by atoms with Gasteiger partial charge in [0.1, 0.15) is 0 Å². The van der Waals surface area contributed by atoms with E-state index in [0.29, 0.717) is 12.8 Å². The average molecular weight is 162 g/mol. The van der Waals surface area contributed by atoms with Crippen LogP contribution in [0.25, 0.3) is 0 Å². The van der Waals surface area contributed by atoms with Gasteiger partial charge in [0.15, 0.2) is 0 Å². The fraction of sp³-hybridized carbons (Fsp3) is 0.667. The summed E-state index contributed by atoms with van der Waals surface area (Å²) in [5, 5.41) is 0. The van der Waals surface area contributed by atoms with Crippen molar-refractivity contribution in [2.75, 3.05) is 27.1 Å². The lowest BCUT2D eigenvalue weighted by Gasteiger charge is -2.09. The van der Waals surface area contributed by atoms with E-state index >= 15 is 0 Å². The van der Waals surface area contributed by atoms with E-state index in [4.69, 9.17) is 13.6 Å². The van der Waals surface area contributed by atoms with E-state index in [-0.39, 0.29) is 0 Å². The molecular weight excluding hydrogens is 148 g/mol. The molecule has 0 aromatic heterocycles. The maximum atomic E-state index is 5.12. The van der Waals surface area contributed by atoms with Gasteiger partial charge in [0, 0.05) is 14.2 Å². The standard InChI is InChI=1S/C6H14O3Si/c1-4-5-9-6-10(7-2)8-3/h4,10H,1,5-6H2,2-3H3. The number of rotatable bonds is 6. The minimum Gasteiger partial charge on any atom is -0.399 e. The van der Waals surface area contributed by atoms with Crippen molar-refractivity contribution < 1.29 is 13.6 Å². The highest BCUT2D eigenvalue weighted by Gasteiger charge is 2.07. The van der Waals surface area contributed by atoms with Crippen LogP contribution in [-0.2, 0) is 13.6 Å². The lowest BCUT2D eigenvalue weighted by Crippen LogP contribution is -2.26. The summed E-state index contributed by atoms with van der Waals surface area (Å²) >= 11 is 0. The molecule has 0 N–H and O–H groups in total. The maximum absolute atomic E-state index is 5.12. The molecule has 0 unspecified atom stereocenters. The molecule has 0 saturated heterocycles. The average Bonchev–Trinajstić information content (AvgIpc) is 1.99. The molecule has 0 saturated carbocycles. The predicted molar refractivity (Wildman–Crippen MR) is 42.2 cm³/mol. The summed E-state index contributed by atoms with van der Waals surface area (Å²) in [6.07, 6.45) is 2.29. The first-order valence-corrected chi connectivity index (χ1v) is 4.85. The van der Waals surface area contributed by atoms with Crippen LogP contribution in [0.2, 0.25) is 0 Å². The minimum atomic E-state index is -1.49. The highest BCUT2D eigenvalue weighted by Crippen LogP contribution is 1.86. The van der Waals surface area contributed by atoms with Crippen LogP contribution in [-0.4, -0.2) is 36.3 Å². The second-order valence-corrected chi connectivity index (χ2v) is 3.86. The summed E-state index contributed by atoms with van der Waals surface area (Å²) in [4.78, 5) is 0. The molecular formula is C6H14O3Si.